The fraction of sp³-hybridized carbons (Fsp3) is 0.750. The molecule has 60 valence electrons. The Balaban J connectivity index is 2.21. The lowest BCUT2D eigenvalue weighted by atomic mass is 10.2. The molecule has 2 atom stereocenters. The topological polar surface area (TPSA) is 82.5 Å². The SMILES string of the molecule is O=C1NCNC2NO[N+](=O)C12. The Morgan fingerprint density at radius 3 is 3.18 bits per heavy atom. The van der Waals surface area contributed by atoms with Crippen molar-refractivity contribution in [3.63, 3.8) is 0 Å². The van der Waals surface area contributed by atoms with E-state index in [1.54, 1.807) is 0 Å². The Hall–Kier alpha value is -1.21. The molecule has 11 heavy (non-hydrogen) atoms. The molecular formula is C4H7N4O3+. The maximum atomic E-state index is 11.0. The molecule has 2 aliphatic rings. The summed E-state index contributed by atoms with van der Waals surface area (Å²) in [5.74, 6) is -0.325. The fourth-order valence-electron chi connectivity index (χ4n) is 1.10. The lowest BCUT2D eigenvalue weighted by Gasteiger charge is -2.16. The van der Waals surface area contributed by atoms with E-state index in [9.17, 15) is 9.70 Å². The Labute approximate surface area is 61.6 Å². The van der Waals surface area contributed by atoms with Crippen molar-refractivity contribution < 1.29 is 14.7 Å². The third-order valence-corrected chi connectivity index (χ3v) is 1.67. The van der Waals surface area contributed by atoms with Gasteiger partial charge in [-0.05, 0) is 0 Å². The molecule has 2 aliphatic heterocycles. The number of carbonyl (C=O) groups excluding carboxylic acids is 1. The molecule has 2 saturated heterocycles. The van der Waals surface area contributed by atoms with Crippen LogP contribution in [0.5, 0.6) is 0 Å². The summed E-state index contributed by atoms with van der Waals surface area (Å²) < 4.78 is 0. The van der Waals surface area contributed by atoms with E-state index >= 15 is 0 Å². The summed E-state index contributed by atoms with van der Waals surface area (Å²) in [5.41, 5.74) is 2.38. The lowest BCUT2D eigenvalue weighted by molar-refractivity contribution is -0.805. The molecule has 0 aromatic rings. The minimum atomic E-state index is -0.816. The summed E-state index contributed by atoms with van der Waals surface area (Å²) in [7, 11) is 0. The number of fused-ring (bicyclic) bond motifs is 1. The number of nitrogens with zero attached hydrogens (tertiary/aromatic N) is 1. The summed E-state index contributed by atoms with van der Waals surface area (Å²) in [6.07, 6.45) is -0.402. The zero-order valence-corrected chi connectivity index (χ0v) is 5.53. The Bertz CT molecular complexity index is 217. The van der Waals surface area contributed by atoms with Crippen molar-refractivity contribution in [1.82, 2.24) is 16.1 Å². The van der Waals surface area contributed by atoms with Crippen LogP contribution in [-0.2, 0) is 9.73 Å². The number of amides is 1. The summed E-state index contributed by atoms with van der Waals surface area (Å²) in [6.45, 7) is 0.351. The first-order chi connectivity index (χ1) is 5.29. The molecule has 0 bridgehead atoms. The van der Waals surface area contributed by atoms with E-state index in [-0.39, 0.29) is 10.8 Å². The molecule has 0 saturated carbocycles. The van der Waals surface area contributed by atoms with Crippen LogP contribution in [0.25, 0.3) is 0 Å². The summed E-state index contributed by atoms with van der Waals surface area (Å²) >= 11 is 0. The zero-order chi connectivity index (χ0) is 7.84. The average Bonchev–Trinajstić information content (AvgIpc) is 2.34. The highest BCUT2D eigenvalue weighted by Gasteiger charge is 2.53. The van der Waals surface area contributed by atoms with Crippen molar-refractivity contribution in [1.29, 1.82) is 0 Å². The molecule has 3 N–H and O–H groups in total. The highest BCUT2D eigenvalue weighted by molar-refractivity contribution is 5.81. The number of hydrogen-bond acceptors (Lipinski definition) is 5. The largest absolute Gasteiger partial charge is 0.366 e. The number of hydroxylamine groups is 1. The normalized spacial score (nSPS) is 36.0. The molecule has 2 rings (SSSR count). The van der Waals surface area contributed by atoms with E-state index in [1.807, 2.05) is 0 Å². The molecule has 1 amide bonds. The van der Waals surface area contributed by atoms with Gasteiger partial charge in [-0.1, -0.05) is 5.48 Å². The molecule has 2 heterocycles. The predicted molar refractivity (Wildman–Crippen MR) is 31.6 cm³/mol. The van der Waals surface area contributed by atoms with Gasteiger partial charge in [0.2, 0.25) is 0 Å². The van der Waals surface area contributed by atoms with Crippen molar-refractivity contribution in [3.05, 3.63) is 4.91 Å². The highest BCUT2D eigenvalue weighted by atomic mass is 16.9. The van der Waals surface area contributed by atoms with E-state index in [1.165, 1.54) is 0 Å². The first-order valence-corrected chi connectivity index (χ1v) is 3.19. The Kier molecular flexibility index (Phi) is 1.26. The second-order valence-electron chi connectivity index (χ2n) is 2.34. The van der Waals surface area contributed by atoms with Gasteiger partial charge in [0.05, 0.1) is 11.6 Å². The third kappa shape index (κ3) is 0.854. The van der Waals surface area contributed by atoms with Crippen LogP contribution in [0.1, 0.15) is 0 Å². The van der Waals surface area contributed by atoms with E-state index in [2.05, 4.69) is 21.1 Å². The van der Waals surface area contributed by atoms with Gasteiger partial charge in [-0.15, -0.1) is 4.94 Å². The first-order valence-electron chi connectivity index (χ1n) is 3.19. The fourth-order valence-corrected chi connectivity index (χ4v) is 1.10. The van der Waals surface area contributed by atoms with Crippen molar-refractivity contribution >= 4 is 5.91 Å². The molecule has 2 fully saturated rings. The zero-order valence-electron chi connectivity index (χ0n) is 5.53. The van der Waals surface area contributed by atoms with Gasteiger partial charge in [-0.2, -0.15) is 0 Å². The second-order valence-corrected chi connectivity index (χ2v) is 2.34. The Morgan fingerprint density at radius 2 is 2.45 bits per heavy atom. The molecule has 0 spiro atoms. The van der Waals surface area contributed by atoms with Crippen LogP contribution < -0.4 is 16.1 Å². The number of rotatable bonds is 0. The van der Waals surface area contributed by atoms with Crippen molar-refractivity contribution in [2.75, 3.05) is 6.67 Å². The van der Waals surface area contributed by atoms with E-state index in [0.717, 1.165) is 0 Å². The third-order valence-electron chi connectivity index (χ3n) is 1.67. The highest BCUT2D eigenvalue weighted by Crippen LogP contribution is 2.06. The van der Waals surface area contributed by atoms with Crippen LogP contribution in [0.3, 0.4) is 0 Å². The molecule has 0 aromatic heterocycles. The summed E-state index contributed by atoms with van der Waals surface area (Å²) in [6, 6.07) is -0.816. The van der Waals surface area contributed by atoms with Crippen LogP contribution in [0, 0.1) is 4.91 Å². The molecule has 7 heteroatoms. The van der Waals surface area contributed by atoms with Gasteiger partial charge in [-0.3, -0.25) is 10.1 Å². The minimum absolute atomic E-state index is 0.242. The van der Waals surface area contributed by atoms with Gasteiger partial charge in [0.15, 0.2) is 6.17 Å². The Morgan fingerprint density at radius 1 is 1.64 bits per heavy atom. The van der Waals surface area contributed by atoms with Crippen molar-refractivity contribution in [2.45, 2.75) is 12.2 Å². The quantitative estimate of drug-likeness (QED) is 0.366. The van der Waals surface area contributed by atoms with E-state index in [4.69, 9.17) is 0 Å². The average molecular weight is 159 g/mol. The number of carbonyl (C=O) groups is 1. The summed E-state index contributed by atoms with van der Waals surface area (Å²) in [4.78, 5) is 26.3. The molecule has 0 aromatic carbocycles. The molecule has 2 unspecified atom stereocenters. The number of hydrogen-bond donors (Lipinski definition) is 3. The van der Waals surface area contributed by atoms with Gasteiger partial charge in [0, 0.05) is 0 Å². The smallest absolute Gasteiger partial charge is 0.337 e. The van der Waals surface area contributed by atoms with Crippen LogP contribution in [-0.4, -0.2) is 29.7 Å². The lowest BCUT2D eigenvalue weighted by Crippen LogP contribution is -2.60. The van der Waals surface area contributed by atoms with Gasteiger partial charge in [-0.25, -0.2) is 0 Å². The second kappa shape index (κ2) is 2.14. The molecule has 7 nitrogen and oxygen atoms in total. The van der Waals surface area contributed by atoms with Gasteiger partial charge < -0.3 is 5.32 Å². The van der Waals surface area contributed by atoms with Gasteiger partial charge in [0.1, 0.15) is 0 Å². The monoisotopic (exact) mass is 159 g/mol. The standard InChI is InChI=1S/C4H6N4O3/c9-4-2-3(5-1-6-4)7-11-8(2)10/h2-3,5,7H,1H2/p+1. The van der Waals surface area contributed by atoms with Gasteiger partial charge >= 0.3 is 11.9 Å². The van der Waals surface area contributed by atoms with Crippen LogP contribution in [0.4, 0.5) is 0 Å². The molecule has 0 radical (unpaired) electrons. The maximum absolute atomic E-state index is 11.0. The summed E-state index contributed by atoms with van der Waals surface area (Å²) in [5, 5.41) is 5.30. The molecular weight excluding hydrogens is 152 g/mol. The minimum Gasteiger partial charge on any atom is -0.337 e. The predicted octanol–water partition coefficient (Wildman–Crippen LogP) is -2.41. The van der Waals surface area contributed by atoms with Crippen LogP contribution in [0.2, 0.25) is 0 Å². The van der Waals surface area contributed by atoms with Crippen LogP contribution >= 0.6 is 0 Å². The van der Waals surface area contributed by atoms with Crippen molar-refractivity contribution in [3.8, 4) is 0 Å². The van der Waals surface area contributed by atoms with E-state index in [0.29, 0.717) is 6.67 Å². The van der Waals surface area contributed by atoms with E-state index < -0.39 is 12.2 Å². The van der Waals surface area contributed by atoms with Gasteiger partial charge in [0.25, 0.3) is 4.92 Å². The maximum Gasteiger partial charge on any atom is 0.366 e. The number of nitrogens with one attached hydrogen (secondary N) is 3. The molecule has 0 aliphatic carbocycles. The van der Waals surface area contributed by atoms with Crippen LogP contribution in [0.15, 0.2) is 0 Å². The first kappa shape index (κ1) is 6.50. The van der Waals surface area contributed by atoms with Crippen molar-refractivity contribution in [2.24, 2.45) is 0 Å².